The summed E-state index contributed by atoms with van der Waals surface area (Å²) in [6.07, 6.45) is 1.19. The highest BCUT2D eigenvalue weighted by molar-refractivity contribution is 5.17. The van der Waals surface area contributed by atoms with Gasteiger partial charge in [0.25, 0.3) is 0 Å². The molecule has 0 radical (unpaired) electrons. The van der Waals surface area contributed by atoms with Crippen molar-refractivity contribution in [2.45, 2.75) is 19.0 Å². The molecule has 104 valence electrons. The van der Waals surface area contributed by atoms with Crippen LogP contribution in [-0.4, -0.2) is 55.1 Å². The van der Waals surface area contributed by atoms with Crippen LogP contribution in [0.5, 0.6) is 0 Å². The highest BCUT2D eigenvalue weighted by Gasteiger charge is 2.26. The van der Waals surface area contributed by atoms with Gasteiger partial charge in [0.15, 0.2) is 0 Å². The first-order valence-corrected chi connectivity index (χ1v) is 7.23. The molecule has 3 nitrogen and oxygen atoms in total. The van der Waals surface area contributed by atoms with E-state index in [1.54, 1.807) is 12.1 Å². The van der Waals surface area contributed by atoms with E-state index in [0.717, 1.165) is 50.9 Å². The van der Waals surface area contributed by atoms with Crippen molar-refractivity contribution in [3.63, 3.8) is 0 Å². The molecular weight excluding hydrogens is 241 g/mol. The summed E-state index contributed by atoms with van der Waals surface area (Å²) < 4.78 is 13.7. The minimum absolute atomic E-state index is 0.0770. The smallest absolute Gasteiger partial charge is 0.127 e. The lowest BCUT2D eigenvalue weighted by atomic mass is 10.1. The van der Waals surface area contributed by atoms with E-state index >= 15 is 0 Å². The Morgan fingerprint density at radius 1 is 1.11 bits per heavy atom. The van der Waals surface area contributed by atoms with E-state index in [-0.39, 0.29) is 5.82 Å². The van der Waals surface area contributed by atoms with Crippen molar-refractivity contribution in [3.05, 3.63) is 35.6 Å². The second-order valence-corrected chi connectivity index (χ2v) is 5.57. The highest BCUT2D eigenvalue weighted by atomic mass is 19.1. The van der Waals surface area contributed by atoms with Crippen LogP contribution in [0.3, 0.4) is 0 Å². The van der Waals surface area contributed by atoms with Gasteiger partial charge in [0.1, 0.15) is 5.82 Å². The van der Waals surface area contributed by atoms with Crippen LogP contribution >= 0.6 is 0 Å². The van der Waals surface area contributed by atoms with E-state index in [4.69, 9.17) is 0 Å². The van der Waals surface area contributed by atoms with Crippen molar-refractivity contribution < 1.29 is 4.39 Å². The van der Waals surface area contributed by atoms with Crippen LogP contribution in [0, 0.1) is 5.82 Å². The zero-order valence-corrected chi connectivity index (χ0v) is 11.3. The molecule has 2 fully saturated rings. The summed E-state index contributed by atoms with van der Waals surface area (Å²) in [7, 11) is 0. The zero-order valence-electron chi connectivity index (χ0n) is 11.3. The van der Waals surface area contributed by atoms with Crippen molar-refractivity contribution in [3.8, 4) is 0 Å². The normalized spacial score (nSPS) is 23.0. The van der Waals surface area contributed by atoms with Gasteiger partial charge in [-0.15, -0.1) is 0 Å². The first-order valence-electron chi connectivity index (χ1n) is 7.23. The van der Waals surface area contributed by atoms with Crippen LogP contribution in [-0.2, 0) is 6.54 Å². The molecule has 1 aromatic rings. The van der Waals surface area contributed by atoms with Gasteiger partial charge >= 0.3 is 0 Å². The molecule has 0 amide bonds. The zero-order chi connectivity index (χ0) is 13.1. The molecule has 0 aliphatic carbocycles. The predicted molar refractivity (Wildman–Crippen MR) is 74.5 cm³/mol. The fraction of sp³-hybridized carbons (Fsp3) is 0.600. The largest absolute Gasteiger partial charge is 0.314 e. The molecule has 2 aliphatic rings. The van der Waals surface area contributed by atoms with Gasteiger partial charge in [-0.3, -0.25) is 9.80 Å². The lowest BCUT2D eigenvalue weighted by Gasteiger charge is -2.37. The van der Waals surface area contributed by atoms with Gasteiger partial charge in [-0.25, -0.2) is 4.39 Å². The van der Waals surface area contributed by atoms with Crippen LogP contribution < -0.4 is 5.32 Å². The Hall–Kier alpha value is -0.970. The summed E-state index contributed by atoms with van der Waals surface area (Å²) in [6, 6.07) is 7.86. The average molecular weight is 263 g/mol. The molecule has 0 unspecified atom stereocenters. The lowest BCUT2D eigenvalue weighted by molar-refractivity contribution is 0.148. The van der Waals surface area contributed by atoms with Crippen molar-refractivity contribution in [2.24, 2.45) is 0 Å². The van der Waals surface area contributed by atoms with Gasteiger partial charge in [0.2, 0.25) is 0 Å². The molecule has 1 aromatic carbocycles. The minimum Gasteiger partial charge on any atom is -0.314 e. The van der Waals surface area contributed by atoms with Crippen molar-refractivity contribution in [1.82, 2.24) is 15.1 Å². The number of benzene rings is 1. The minimum atomic E-state index is -0.0770. The molecule has 0 atom stereocenters. The van der Waals surface area contributed by atoms with Crippen LogP contribution in [0.1, 0.15) is 12.0 Å². The first kappa shape index (κ1) is 13.0. The number of rotatable bonds is 3. The van der Waals surface area contributed by atoms with E-state index in [0.29, 0.717) is 0 Å². The Balaban J connectivity index is 1.56. The monoisotopic (exact) mass is 263 g/mol. The van der Waals surface area contributed by atoms with Gasteiger partial charge < -0.3 is 5.32 Å². The van der Waals surface area contributed by atoms with E-state index in [9.17, 15) is 4.39 Å². The summed E-state index contributed by atoms with van der Waals surface area (Å²) in [5, 5.41) is 3.33. The van der Waals surface area contributed by atoms with Gasteiger partial charge in [0, 0.05) is 44.3 Å². The van der Waals surface area contributed by atoms with Gasteiger partial charge in [-0.1, -0.05) is 18.2 Å². The SMILES string of the molecule is Fc1ccccc1CN1CCCN(C2CNC2)CC1. The van der Waals surface area contributed by atoms with Crippen molar-refractivity contribution in [1.29, 1.82) is 0 Å². The number of hydrogen-bond donors (Lipinski definition) is 1. The Morgan fingerprint density at radius 2 is 1.95 bits per heavy atom. The molecule has 0 saturated carbocycles. The lowest BCUT2D eigenvalue weighted by Crippen LogP contribution is -2.57. The van der Waals surface area contributed by atoms with Crippen LogP contribution in [0.15, 0.2) is 24.3 Å². The maximum atomic E-state index is 13.7. The Morgan fingerprint density at radius 3 is 2.68 bits per heavy atom. The van der Waals surface area contributed by atoms with Crippen LogP contribution in [0.2, 0.25) is 0 Å². The predicted octanol–water partition coefficient (Wildman–Crippen LogP) is 1.31. The topological polar surface area (TPSA) is 18.5 Å². The second-order valence-electron chi connectivity index (χ2n) is 5.57. The third kappa shape index (κ3) is 3.14. The Labute approximate surface area is 114 Å². The summed E-state index contributed by atoms with van der Waals surface area (Å²) in [5.41, 5.74) is 0.821. The molecule has 2 aliphatic heterocycles. The molecule has 0 spiro atoms. The van der Waals surface area contributed by atoms with Crippen LogP contribution in [0.4, 0.5) is 4.39 Å². The van der Waals surface area contributed by atoms with Crippen LogP contribution in [0.25, 0.3) is 0 Å². The molecule has 0 aromatic heterocycles. The summed E-state index contributed by atoms with van der Waals surface area (Å²) >= 11 is 0. The third-order valence-corrected chi connectivity index (χ3v) is 4.25. The first-order chi connectivity index (χ1) is 9.33. The standard InChI is InChI=1S/C15H22FN3/c16-15-5-2-1-4-13(15)12-18-6-3-7-19(9-8-18)14-10-17-11-14/h1-2,4-5,14,17H,3,6-12H2. The quantitative estimate of drug-likeness (QED) is 0.887. The second kappa shape index (κ2) is 5.99. The summed E-state index contributed by atoms with van der Waals surface area (Å²) in [5.74, 6) is -0.0770. The average Bonchev–Trinajstić information content (AvgIpc) is 2.56. The number of nitrogens with one attached hydrogen (secondary N) is 1. The highest BCUT2D eigenvalue weighted by Crippen LogP contribution is 2.14. The number of hydrogen-bond acceptors (Lipinski definition) is 3. The third-order valence-electron chi connectivity index (χ3n) is 4.25. The summed E-state index contributed by atoms with van der Waals surface area (Å²) in [6.45, 7) is 7.42. The molecule has 3 rings (SSSR count). The number of halogens is 1. The van der Waals surface area contributed by atoms with E-state index < -0.39 is 0 Å². The molecule has 1 N–H and O–H groups in total. The maximum absolute atomic E-state index is 13.7. The van der Waals surface area contributed by atoms with Crippen molar-refractivity contribution in [2.75, 3.05) is 39.3 Å². The van der Waals surface area contributed by atoms with E-state index in [1.807, 2.05) is 12.1 Å². The molecule has 4 heteroatoms. The fourth-order valence-electron chi connectivity index (χ4n) is 2.91. The fourth-order valence-corrected chi connectivity index (χ4v) is 2.91. The summed E-state index contributed by atoms with van der Waals surface area (Å²) in [4.78, 5) is 4.96. The Kier molecular flexibility index (Phi) is 4.11. The molecule has 0 bridgehead atoms. The Bertz CT molecular complexity index is 420. The van der Waals surface area contributed by atoms with Gasteiger partial charge in [-0.05, 0) is 25.6 Å². The molecule has 19 heavy (non-hydrogen) atoms. The van der Waals surface area contributed by atoms with E-state index in [2.05, 4.69) is 15.1 Å². The number of nitrogens with zero attached hydrogens (tertiary/aromatic N) is 2. The molecular formula is C15H22FN3. The molecule has 2 saturated heterocycles. The van der Waals surface area contributed by atoms with Gasteiger partial charge in [-0.2, -0.15) is 0 Å². The maximum Gasteiger partial charge on any atom is 0.127 e. The van der Waals surface area contributed by atoms with E-state index in [1.165, 1.54) is 13.0 Å². The van der Waals surface area contributed by atoms with Crippen molar-refractivity contribution >= 4 is 0 Å². The van der Waals surface area contributed by atoms with Gasteiger partial charge in [0.05, 0.1) is 0 Å². The molecule has 2 heterocycles.